The summed E-state index contributed by atoms with van der Waals surface area (Å²) in [7, 11) is 1.76. The van der Waals surface area contributed by atoms with Crippen molar-refractivity contribution in [3.63, 3.8) is 0 Å². The lowest BCUT2D eigenvalue weighted by atomic mass is 9.88. The summed E-state index contributed by atoms with van der Waals surface area (Å²) >= 11 is 0. The van der Waals surface area contributed by atoms with Crippen molar-refractivity contribution >= 4 is 36.8 Å². The Morgan fingerprint density at radius 2 is 0.891 bits per heavy atom. The zero-order valence-corrected chi connectivity index (χ0v) is 30.7. The number of carbonyl (C=O) groups is 6. The highest BCUT2D eigenvalue weighted by Crippen LogP contribution is 2.25. The predicted molar refractivity (Wildman–Crippen MR) is 182 cm³/mol. The van der Waals surface area contributed by atoms with Crippen molar-refractivity contribution < 1.29 is 43.0 Å². The van der Waals surface area contributed by atoms with E-state index in [1.165, 1.54) is 20.8 Å². The van der Waals surface area contributed by atoms with Crippen LogP contribution in [-0.2, 0) is 43.0 Å². The van der Waals surface area contributed by atoms with E-state index < -0.39 is 5.41 Å². The van der Waals surface area contributed by atoms with Gasteiger partial charge in [0.2, 0.25) is 0 Å². The molecule has 0 saturated heterocycles. The molecule has 272 valence electrons. The van der Waals surface area contributed by atoms with E-state index in [1.54, 1.807) is 7.05 Å². The van der Waals surface area contributed by atoms with Crippen molar-refractivity contribution in [1.82, 2.24) is 16.0 Å². The number of nitrogens with one attached hydrogen (secondary N) is 3. The number of hydrogen-bond donors (Lipinski definition) is 3. The maximum Gasteiger partial charge on any atom is 0.307 e. The minimum atomic E-state index is -0.796. The fourth-order valence-corrected chi connectivity index (χ4v) is 4.00. The average Bonchev–Trinajstić information content (AvgIpc) is 3.01. The molecule has 0 saturated carbocycles. The molecule has 0 amide bonds. The van der Waals surface area contributed by atoms with Gasteiger partial charge in [0.25, 0.3) is 0 Å². The molecule has 0 fully saturated rings. The Kier molecular flexibility index (Phi) is 38.3. The Bertz CT molecular complexity index is 725. The molecule has 0 bridgehead atoms. The normalized spacial score (nSPS) is 12.7. The van der Waals surface area contributed by atoms with Crippen molar-refractivity contribution in [3.05, 3.63) is 0 Å². The smallest absolute Gasteiger partial charge is 0.307 e. The molecule has 0 heterocycles. The molecule has 0 aliphatic rings. The van der Waals surface area contributed by atoms with Crippen LogP contribution >= 0.6 is 0 Å². The second-order valence-corrected chi connectivity index (χ2v) is 11.3. The molecule has 0 spiro atoms. The summed E-state index contributed by atoms with van der Waals surface area (Å²) in [5.74, 6) is -0.0544. The summed E-state index contributed by atoms with van der Waals surface area (Å²) in [6, 6.07) is 0.697. The van der Waals surface area contributed by atoms with E-state index in [-0.39, 0.29) is 57.0 Å². The molecule has 0 aromatic heterocycles. The standard InChI is InChI=1S/C28H55N3O6.3C2H4O/c1-9-23(21(4)5)30-16-13-26(33)36-19-28(11-3,18-35-25(32)12-15-29-8)20-37-27(34)14-17-31-24(10-2)22(6)7;3*1-2-3/h21-24,29-31H,9-20H2,1-8H3;3*2H,1H3. The summed E-state index contributed by atoms with van der Waals surface area (Å²) in [5.41, 5.74) is -0.796. The van der Waals surface area contributed by atoms with Gasteiger partial charge in [-0.05, 0) is 58.9 Å². The van der Waals surface area contributed by atoms with Crippen LogP contribution in [0.2, 0.25) is 0 Å². The zero-order chi connectivity index (χ0) is 36.4. The van der Waals surface area contributed by atoms with Crippen LogP contribution < -0.4 is 16.0 Å². The molecule has 0 radical (unpaired) electrons. The maximum atomic E-state index is 12.5. The summed E-state index contributed by atoms with van der Waals surface area (Å²) in [6.07, 6.45) is 5.45. The van der Waals surface area contributed by atoms with Gasteiger partial charge in [-0.3, -0.25) is 14.4 Å². The Balaban J connectivity index is -0.000000869. The molecule has 12 nitrogen and oxygen atoms in total. The number of rotatable bonds is 22. The molecule has 0 aliphatic heterocycles. The first-order valence-corrected chi connectivity index (χ1v) is 16.6. The average molecular weight is 662 g/mol. The lowest BCUT2D eigenvalue weighted by Gasteiger charge is -2.31. The molecule has 0 aromatic carbocycles. The van der Waals surface area contributed by atoms with Crippen LogP contribution in [0, 0.1) is 17.3 Å². The topological polar surface area (TPSA) is 166 Å². The molecule has 0 rings (SSSR count). The van der Waals surface area contributed by atoms with Crippen molar-refractivity contribution in [2.24, 2.45) is 17.3 Å². The Morgan fingerprint density at radius 1 is 0.609 bits per heavy atom. The van der Waals surface area contributed by atoms with Crippen LogP contribution in [0.1, 0.15) is 108 Å². The fourth-order valence-electron chi connectivity index (χ4n) is 4.00. The first kappa shape index (κ1) is 50.2. The summed E-state index contributed by atoms with van der Waals surface area (Å²) in [5, 5.41) is 9.71. The highest BCUT2D eigenvalue weighted by atomic mass is 16.6. The number of esters is 3. The number of aldehydes is 3. The SMILES string of the molecule is CC=O.CC=O.CC=O.CCC(NCCC(=O)OCC(CC)(COC(=O)CCNC)COC(=O)CCNC(CC)C(C)C)C(C)C. The van der Waals surface area contributed by atoms with Gasteiger partial charge < -0.3 is 44.5 Å². The van der Waals surface area contributed by atoms with Crippen LogP contribution in [-0.4, -0.2) is 95.4 Å². The van der Waals surface area contributed by atoms with E-state index in [0.29, 0.717) is 50.0 Å². The third-order valence-corrected chi connectivity index (χ3v) is 6.91. The Labute approximate surface area is 279 Å². The van der Waals surface area contributed by atoms with Crippen molar-refractivity contribution in [2.45, 2.75) is 120 Å². The van der Waals surface area contributed by atoms with Gasteiger partial charge in [-0.25, -0.2) is 0 Å². The summed E-state index contributed by atoms with van der Waals surface area (Å²) < 4.78 is 16.7. The molecule has 0 aromatic rings. The molecule has 12 heteroatoms. The third-order valence-electron chi connectivity index (χ3n) is 6.91. The lowest BCUT2D eigenvalue weighted by Crippen LogP contribution is -2.40. The quantitative estimate of drug-likeness (QED) is 0.0866. The second-order valence-electron chi connectivity index (χ2n) is 11.3. The molecule has 3 N–H and O–H groups in total. The summed E-state index contributed by atoms with van der Waals surface area (Å²) in [6.45, 7) is 20.7. The number of carbonyl (C=O) groups excluding carboxylic acids is 6. The van der Waals surface area contributed by atoms with Gasteiger partial charge in [0.1, 0.15) is 38.7 Å². The minimum Gasteiger partial charge on any atom is -0.465 e. The highest BCUT2D eigenvalue weighted by Gasteiger charge is 2.34. The van der Waals surface area contributed by atoms with Crippen LogP contribution in [0.5, 0.6) is 0 Å². The van der Waals surface area contributed by atoms with Crippen LogP contribution in [0.3, 0.4) is 0 Å². The first-order valence-electron chi connectivity index (χ1n) is 16.6. The monoisotopic (exact) mass is 661 g/mol. The molecule has 2 atom stereocenters. The molecule has 2 unspecified atom stereocenters. The van der Waals surface area contributed by atoms with E-state index in [2.05, 4.69) is 57.5 Å². The molecule has 0 aliphatic carbocycles. The molecule has 46 heavy (non-hydrogen) atoms. The van der Waals surface area contributed by atoms with E-state index >= 15 is 0 Å². The van der Waals surface area contributed by atoms with Gasteiger partial charge in [-0.2, -0.15) is 0 Å². The van der Waals surface area contributed by atoms with Crippen molar-refractivity contribution in [2.75, 3.05) is 46.5 Å². The van der Waals surface area contributed by atoms with Gasteiger partial charge in [0.15, 0.2) is 0 Å². The molecular weight excluding hydrogens is 594 g/mol. The first-order chi connectivity index (χ1) is 21.8. The van der Waals surface area contributed by atoms with Gasteiger partial charge in [-0.1, -0.05) is 48.5 Å². The van der Waals surface area contributed by atoms with Crippen molar-refractivity contribution in [3.8, 4) is 0 Å². The fraction of sp³-hybridized carbons (Fsp3) is 0.824. The van der Waals surface area contributed by atoms with Gasteiger partial charge in [0, 0.05) is 31.7 Å². The van der Waals surface area contributed by atoms with Crippen LogP contribution in [0.25, 0.3) is 0 Å². The van der Waals surface area contributed by atoms with Gasteiger partial charge >= 0.3 is 17.9 Å². The predicted octanol–water partition coefficient (Wildman–Crippen LogP) is 4.07. The van der Waals surface area contributed by atoms with Crippen LogP contribution in [0.4, 0.5) is 0 Å². The second kappa shape index (κ2) is 35.2. The maximum absolute atomic E-state index is 12.5. The van der Waals surface area contributed by atoms with Gasteiger partial charge in [0.05, 0.1) is 24.7 Å². The largest absolute Gasteiger partial charge is 0.465 e. The van der Waals surface area contributed by atoms with E-state index in [0.717, 1.165) is 31.7 Å². The lowest BCUT2D eigenvalue weighted by molar-refractivity contribution is -0.162. The van der Waals surface area contributed by atoms with Crippen LogP contribution in [0.15, 0.2) is 0 Å². The van der Waals surface area contributed by atoms with E-state index in [9.17, 15) is 14.4 Å². The molecular formula is C34H67N3O9. The number of ether oxygens (including phenoxy) is 3. The Hall–Kier alpha value is -2.70. The van der Waals surface area contributed by atoms with Crippen molar-refractivity contribution in [1.29, 1.82) is 0 Å². The Morgan fingerprint density at radius 3 is 1.11 bits per heavy atom. The van der Waals surface area contributed by atoms with E-state index in [4.69, 9.17) is 28.6 Å². The third kappa shape index (κ3) is 31.3. The summed E-state index contributed by atoms with van der Waals surface area (Å²) in [4.78, 5) is 63.5. The highest BCUT2D eigenvalue weighted by molar-refractivity contribution is 5.70. The number of hydrogen-bond acceptors (Lipinski definition) is 12. The van der Waals surface area contributed by atoms with Gasteiger partial charge in [-0.15, -0.1) is 0 Å². The zero-order valence-electron chi connectivity index (χ0n) is 30.7. The minimum absolute atomic E-state index is 0.0135. The van der Waals surface area contributed by atoms with E-state index in [1.807, 2.05) is 6.92 Å².